The first kappa shape index (κ1) is 21.0. The number of esters is 1. The lowest BCUT2D eigenvalue weighted by Crippen LogP contribution is -2.31. The number of halogens is 1. The van der Waals surface area contributed by atoms with E-state index in [9.17, 15) is 14.0 Å². The first-order valence-corrected chi connectivity index (χ1v) is 8.42. The average Bonchev–Trinajstić information content (AvgIpc) is 2.71. The van der Waals surface area contributed by atoms with Crippen LogP contribution in [0.3, 0.4) is 0 Å². The van der Waals surface area contributed by atoms with Crippen LogP contribution in [0.15, 0.2) is 36.4 Å². The summed E-state index contributed by atoms with van der Waals surface area (Å²) in [6, 6.07) is 8.58. The number of benzene rings is 2. The zero-order valence-corrected chi connectivity index (χ0v) is 16.1. The summed E-state index contributed by atoms with van der Waals surface area (Å²) < 4.78 is 33.8. The van der Waals surface area contributed by atoms with Gasteiger partial charge in [0.15, 0.2) is 11.5 Å². The van der Waals surface area contributed by atoms with Crippen molar-refractivity contribution in [1.29, 1.82) is 0 Å². The third-order valence-corrected chi connectivity index (χ3v) is 3.97. The Kier molecular flexibility index (Phi) is 7.20. The predicted molar refractivity (Wildman–Crippen MR) is 99.3 cm³/mol. The molecule has 0 aromatic heterocycles. The van der Waals surface area contributed by atoms with Gasteiger partial charge in [0.25, 0.3) is 5.91 Å². The second-order valence-electron chi connectivity index (χ2n) is 5.78. The van der Waals surface area contributed by atoms with Crippen molar-refractivity contribution >= 4 is 11.9 Å². The Hall–Kier alpha value is -3.29. The van der Waals surface area contributed by atoms with Crippen molar-refractivity contribution in [2.75, 3.05) is 27.9 Å². The molecule has 0 unspecified atom stereocenters. The zero-order valence-electron chi connectivity index (χ0n) is 16.1. The SMILES string of the molecule is COc1cc(C(=O)NCC(=O)O[C@H](C)c2ccc(F)cc2)cc(OC)c1OC. The average molecular weight is 391 g/mol. The van der Waals surface area contributed by atoms with Crippen LogP contribution in [0.1, 0.15) is 28.9 Å². The van der Waals surface area contributed by atoms with E-state index in [-0.39, 0.29) is 17.9 Å². The van der Waals surface area contributed by atoms with E-state index in [4.69, 9.17) is 18.9 Å². The topological polar surface area (TPSA) is 83.1 Å². The molecule has 1 atom stereocenters. The van der Waals surface area contributed by atoms with Crippen molar-refractivity contribution in [3.05, 3.63) is 53.3 Å². The molecule has 0 fully saturated rings. The van der Waals surface area contributed by atoms with Gasteiger partial charge in [-0.05, 0) is 36.8 Å². The maximum absolute atomic E-state index is 13.0. The van der Waals surface area contributed by atoms with Crippen molar-refractivity contribution in [3.8, 4) is 17.2 Å². The van der Waals surface area contributed by atoms with Crippen LogP contribution in [0, 0.1) is 5.82 Å². The predicted octanol–water partition coefficient (Wildman–Crippen LogP) is 2.89. The number of amides is 1. The maximum atomic E-state index is 13.0. The van der Waals surface area contributed by atoms with Gasteiger partial charge in [-0.25, -0.2) is 4.39 Å². The summed E-state index contributed by atoms with van der Waals surface area (Å²) in [6.45, 7) is 1.33. The lowest BCUT2D eigenvalue weighted by atomic mass is 10.1. The smallest absolute Gasteiger partial charge is 0.326 e. The lowest BCUT2D eigenvalue weighted by Gasteiger charge is -2.15. The second kappa shape index (κ2) is 9.59. The highest BCUT2D eigenvalue weighted by Gasteiger charge is 2.18. The Morgan fingerprint density at radius 1 is 1.00 bits per heavy atom. The molecule has 0 saturated carbocycles. The Labute approximate surface area is 162 Å². The van der Waals surface area contributed by atoms with Crippen LogP contribution < -0.4 is 19.5 Å². The number of carbonyl (C=O) groups is 2. The summed E-state index contributed by atoms with van der Waals surface area (Å²) in [7, 11) is 4.33. The van der Waals surface area contributed by atoms with Gasteiger partial charge in [-0.15, -0.1) is 0 Å². The molecule has 0 heterocycles. The molecule has 0 bridgehead atoms. The summed E-state index contributed by atoms with van der Waals surface area (Å²) in [6.07, 6.45) is -0.578. The maximum Gasteiger partial charge on any atom is 0.326 e. The van der Waals surface area contributed by atoms with Crippen LogP contribution in [-0.2, 0) is 9.53 Å². The molecule has 7 nitrogen and oxygen atoms in total. The van der Waals surface area contributed by atoms with Crippen LogP contribution in [0.5, 0.6) is 17.2 Å². The van der Waals surface area contributed by atoms with Crippen molar-refractivity contribution in [3.63, 3.8) is 0 Å². The standard InChI is InChI=1S/C20H22FNO6/c1-12(13-5-7-15(21)8-6-13)28-18(23)11-22-20(24)14-9-16(25-2)19(27-4)17(10-14)26-3/h5-10,12H,11H2,1-4H3,(H,22,24)/t12-/m1/s1. The molecule has 2 rings (SSSR count). The van der Waals surface area contributed by atoms with Gasteiger partial charge in [0.1, 0.15) is 18.5 Å². The third kappa shape index (κ3) is 5.12. The molecular weight excluding hydrogens is 369 g/mol. The van der Waals surface area contributed by atoms with Gasteiger partial charge in [0.2, 0.25) is 5.75 Å². The molecule has 0 spiro atoms. The molecule has 0 aliphatic heterocycles. The highest BCUT2D eigenvalue weighted by atomic mass is 19.1. The molecular formula is C20H22FNO6. The van der Waals surface area contributed by atoms with E-state index >= 15 is 0 Å². The second-order valence-corrected chi connectivity index (χ2v) is 5.78. The first-order valence-electron chi connectivity index (χ1n) is 8.42. The summed E-state index contributed by atoms with van der Waals surface area (Å²) in [4.78, 5) is 24.4. The number of methoxy groups -OCH3 is 3. The molecule has 0 saturated heterocycles. The lowest BCUT2D eigenvalue weighted by molar-refractivity contribution is -0.147. The van der Waals surface area contributed by atoms with Crippen molar-refractivity contribution in [1.82, 2.24) is 5.32 Å². The third-order valence-electron chi connectivity index (χ3n) is 3.97. The number of hydrogen-bond acceptors (Lipinski definition) is 6. The summed E-state index contributed by atoms with van der Waals surface area (Å²) in [5.74, 6) is -0.517. The van der Waals surface area contributed by atoms with Gasteiger partial charge in [0, 0.05) is 5.56 Å². The summed E-state index contributed by atoms with van der Waals surface area (Å²) in [5, 5.41) is 2.48. The number of nitrogens with one attached hydrogen (secondary N) is 1. The van der Waals surface area contributed by atoms with Gasteiger partial charge < -0.3 is 24.3 Å². The van der Waals surface area contributed by atoms with Crippen LogP contribution in [0.4, 0.5) is 4.39 Å². The number of carbonyl (C=O) groups excluding carboxylic acids is 2. The van der Waals surface area contributed by atoms with E-state index in [0.717, 1.165) is 0 Å². The Morgan fingerprint density at radius 3 is 2.07 bits per heavy atom. The van der Waals surface area contributed by atoms with E-state index < -0.39 is 18.0 Å². The van der Waals surface area contributed by atoms with Crippen LogP contribution in [-0.4, -0.2) is 39.8 Å². The van der Waals surface area contributed by atoms with E-state index in [1.165, 1.54) is 57.7 Å². The van der Waals surface area contributed by atoms with E-state index in [0.29, 0.717) is 22.8 Å². The zero-order chi connectivity index (χ0) is 20.7. The number of rotatable bonds is 8. The number of ether oxygens (including phenoxy) is 4. The molecule has 1 N–H and O–H groups in total. The summed E-state index contributed by atoms with van der Waals surface area (Å²) in [5.41, 5.74) is 0.875. The quantitative estimate of drug-likeness (QED) is 0.697. The molecule has 28 heavy (non-hydrogen) atoms. The van der Waals surface area contributed by atoms with Gasteiger partial charge >= 0.3 is 5.97 Å². The van der Waals surface area contributed by atoms with Crippen LogP contribution >= 0.6 is 0 Å². The van der Waals surface area contributed by atoms with E-state index in [1.807, 2.05) is 0 Å². The Morgan fingerprint density at radius 2 is 1.57 bits per heavy atom. The molecule has 2 aromatic rings. The molecule has 1 amide bonds. The molecule has 2 aromatic carbocycles. The van der Waals surface area contributed by atoms with Gasteiger partial charge in [-0.3, -0.25) is 9.59 Å². The normalized spacial score (nSPS) is 11.3. The van der Waals surface area contributed by atoms with E-state index in [2.05, 4.69) is 5.32 Å². The van der Waals surface area contributed by atoms with Crippen LogP contribution in [0.2, 0.25) is 0 Å². The summed E-state index contributed by atoms with van der Waals surface area (Å²) >= 11 is 0. The minimum Gasteiger partial charge on any atom is -0.493 e. The monoisotopic (exact) mass is 391 g/mol. The Balaban J connectivity index is 1.99. The van der Waals surface area contributed by atoms with Gasteiger partial charge in [-0.1, -0.05) is 12.1 Å². The van der Waals surface area contributed by atoms with Crippen molar-refractivity contribution in [2.45, 2.75) is 13.0 Å². The fourth-order valence-electron chi connectivity index (χ4n) is 2.51. The number of hydrogen-bond donors (Lipinski definition) is 1. The van der Waals surface area contributed by atoms with Crippen molar-refractivity contribution in [2.24, 2.45) is 0 Å². The minimum absolute atomic E-state index is 0.230. The molecule has 0 aliphatic carbocycles. The molecule has 8 heteroatoms. The molecule has 150 valence electrons. The first-order chi connectivity index (χ1) is 13.4. The van der Waals surface area contributed by atoms with Crippen molar-refractivity contribution < 1.29 is 32.9 Å². The van der Waals surface area contributed by atoms with E-state index in [1.54, 1.807) is 6.92 Å². The fraction of sp³-hybridized carbons (Fsp3) is 0.300. The van der Waals surface area contributed by atoms with Gasteiger partial charge in [0.05, 0.1) is 21.3 Å². The minimum atomic E-state index is -0.627. The van der Waals surface area contributed by atoms with Crippen LogP contribution in [0.25, 0.3) is 0 Å². The highest BCUT2D eigenvalue weighted by molar-refractivity contribution is 5.97. The van der Waals surface area contributed by atoms with Gasteiger partial charge in [-0.2, -0.15) is 0 Å². The largest absolute Gasteiger partial charge is 0.493 e. The molecule has 0 radical (unpaired) electrons. The molecule has 0 aliphatic rings. The Bertz CT molecular complexity index is 812. The highest BCUT2D eigenvalue weighted by Crippen LogP contribution is 2.38. The fourth-order valence-corrected chi connectivity index (χ4v) is 2.51.